The molecule has 132 valence electrons. The van der Waals surface area contributed by atoms with Gasteiger partial charge in [0.15, 0.2) is 0 Å². The van der Waals surface area contributed by atoms with Crippen LogP contribution < -0.4 is 10.6 Å². The topological polar surface area (TPSA) is 84.2 Å². The van der Waals surface area contributed by atoms with E-state index in [0.29, 0.717) is 28.4 Å². The van der Waals surface area contributed by atoms with Gasteiger partial charge in [0.2, 0.25) is 5.91 Å². The van der Waals surface area contributed by atoms with Crippen LogP contribution in [-0.2, 0) is 4.79 Å². The lowest BCUT2D eigenvalue weighted by atomic mass is 10.1. The molecule has 0 atom stereocenters. The average molecular weight is 414 g/mol. The third kappa shape index (κ3) is 4.00. The number of aromatic nitrogens is 1. The van der Waals surface area contributed by atoms with Crippen molar-refractivity contribution in [2.24, 2.45) is 0 Å². The van der Waals surface area contributed by atoms with Crippen molar-refractivity contribution in [3.8, 4) is 11.3 Å². The molecule has 0 aliphatic heterocycles. The van der Waals surface area contributed by atoms with Gasteiger partial charge in [-0.3, -0.25) is 9.59 Å². The van der Waals surface area contributed by atoms with E-state index in [0.717, 1.165) is 10.0 Å². The minimum Gasteiger partial charge on any atom is -0.360 e. The standard InChI is InChI=1S/C19H16BrN3O3/c1-11-17(18(23-26-11)13-4-3-5-14(20)10-13)19(25)22-16-8-6-15(7-9-16)21-12(2)24/h3-10H,1-2H3,(H,21,24)(H,22,25). The summed E-state index contributed by atoms with van der Waals surface area (Å²) in [4.78, 5) is 23.8. The lowest BCUT2D eigenvalue weighted by Gasteiger charge is -2.07. The van der Waals surface area contributed by atoms with Crippen molar-refractivity contribution in [3.63, 3.8) is 0 Å². The maximum Gasteiger partial charge on any atom is 0.261 e. The fourth-order valence-electron chi connectivity index (χ4n) is 2.51. The van der Waals surface area contributed by atoms with E-state index in [1.807, 2.05) is 24.3 Å². The lowest BCUT2D eigenvalue weighted by Crippen LogP contribution is -2.13. The van der Waals surface area contributed by atoms with Gasteiger partial charge in [0.05, 0.1) is 0 Å². The number of hydrogen-bond donors (Lipinski definition) is 2. The first-order chi connectivity index (χ1) is 12.4. The van der Waals surface area contributed by atoms with Crippen LogP contribution in [0.4, 0.5) is 11.4 Å². The van der Waals surface area contributed by atoms with Gasteiger partial charge >= 0.3 is 0 Å². The van der Waals surface area contributed by atoms with E-state index in [9.17, 15) is 9.59 Å². The predicted octanol–water partition coefficient (Wildman–Crippen LogP) is 4.62. The Morgan fingerprint density at radius 3 is 2.31 bits per heavy atom. The number of aryl methyl sites for hydroxylation is 1. The molecular formula is C19H16BrN3O3. The molecule has 6 nitrogen and oxygen atoms in total. The highest BCUT2D eigenvalue weighted by atomic mass is 79.9. The maximum absolute atomic E-state index is 12.7. The number of halogens is 1. The number of rotatable bonds is 4. The average Bonchev–Trinajstić information content (AvgIpc) is 2.98. The van der Waals surface area contributed by atoms with Crippen LogP contribution in [0.5, 0.6) is 0 Å². The van der Waals surface area contributed by atoms with Gasteiger partial charge in [0.25, 0.3) is 5.91 Å². The molecule has 2 aromatic carbocycles. The number of nitrogens with zero attached hydrogens (tertiary/aromatic N) is 1. The molecule has 0 saturated heterocycles. The fourth-order valence-corrected chi connectivity index (χ4v) is 2.91. The molecule has 0 aliphatic rings. The summed E-state index contributed by atoms with van der Waals surface area (Å²) >= 11 is 3.42. The second-order valence-corrected chi connectivity index (χ2v) is 6.60. The van der Waals surface area contributed by atoms with Gasteiger partial charge in [-0.15, -0.1) is 0 Å². The monoisotopic (exact) mass is 413 g/mol. The molecule has 0 bridgehead atoms. The molecule has 1 heterocycles. The molecule has 0 saturated carbocycles. The zero-order valence-electron chi connectivity index (χ0n) is 14.2. The second-order valence-electron chi connectivity index (χ2n) is 5.69. The number of nitrogens with one attached hydrogen (secondary N) is 2. The second kappa shape index (κ2) is 7.53. The Bertz CT molecular complexity index is 964. The zero-order valence-corrected chi connectivity index (χ0v) is 15.8. The highest BCUT2D eigenvalue weighted by Crippen LogP contribution is 2.28. The summed E-state index contributed by atoms with van der Waals surface area (Å²) in [6.45, 7) is 3.14. The third-order valence-corrected chi connectivity index (χ3v) is 4.14. The van der Waals surface area contributed by atoms with E-state index < -0.39 is 0 Å². The highest BCUT2D eigenvalue weighted by Gasteiger charge is 2.21. The first-order valence-electron chi connectivity index (χ1n) is 7.85. The minimum absolute atomic E-state index is 0.152. The summed E-state index contributed by atoms with van der Waals surface area (Å²) in [5.74, 6) is -0.0288. The summed E-state index contributed by atoms with van der Waals surface area (Å²) < 4.78 is 6.12. The van der Waals surface area contributed by atoms with Crippen molar-refractivity contribution in [1.82, 2.24) is 5.16 Å². The van der Waals surface area contributed by atoms with Crippen molar-refractivity contribution in [2.75, 3.05) is 10.6 Å². The minimum atomic E-state index is -0.314. The van der Waals surface area contributed by atoms with Crippen molar-refractivity contribution in [1.29, 1.82) is 0 Å². The molecule has 0 spiro atoms. The molecule has 2 amide bonds. The van der Waals surface area contributed by atoms with Gasteiger partial charge in [-0.1, -0.05) is 33.2 Å². The number of anilines is 2. The number of carbonyl (C=O) groups is 2. The fraction of sp³-hybridized carbons (Fsp3) is 0.105. The number of carbonyl (C=O) groups excluding carboxylic acids is 2. The van der Waals surface area contributed by atoms with Gasteiger partial charge in [-0.05, 0) is 43.3 Å². The number of amides is 2. The molecule has 26 heavy (non-hydrogen) atoms. The third-order valence-electron chi connectivity index (χ3n) is 3.65. The van der Waals surface area contributed by atoms with Gasteiger partial charge in [0.1, 0.15) is 17.0 Å². The van der Waals surface area contributed by atoms with Crippen LogP contribution in [0.15, 0.2) is 57.5 Å². The van der Waals surface area contributed by atoms with Crippen LogP contribution in [0.3, 0.4) is 0 Å². The SMILES string of the molecule is CC(=O)Nc1ccc(NC(=O)c2c(-c3cccc(Br)c3)noc2C)cc1. The van der Waals surface area contributed by atoms with E-state index in [1.54, 1.807) is 31.2 Å². The van der Waals surface area contributed by atoms with Crippen molar-refractivity contribution < 1.29 is 14.1 Å². The summed E-state index contributed by atoms with van der Waals surface area (Å²) in [5.41, 5.74) is 2.91. The number of benzene rings is 2. The molecule has 3 rings (SSSR count). The highest BCUT2D eigenvalue weighted by molar-refractivity contribution is 9.10. The summed E-state index contributed by atoms with van der Waals surface area (Å²) in [5, 5.41) is 9.54. The van der Waals surface area contributed by atoms with E-state index in [2.05, 4.69) is 31.7 Å². The van der Waals surface area contributed by atoms with Crippen LogP contribution in [0.1, 0.15) is 23.0 Å². The summed E-state index contributed by atoms with van der Waals surface area (Å²) in [7, 11) is 0. The Kier molecular flexibility index (Phi) is 5.18. The zero-order chi connectivity index (χ0) is 18.7. The molecule has 0 unspecified atom stereocenters. The molecule has 1 aromatic heterocycles. The molecule has 2 N–H and O–H groups in total. The summed E-state index contributed by atoms with van der Waals surface area (Å²) in [6.07, 6.45) is 0. The molecule has 0 fully saturated rings. The van der Waals surface area contributed by atoms with Gasteiger partial charge in [-0.25, -0.2) is 0 Å². The van der Waals surface area contributed by atoms with Crippen molar-refractivity contribution in [3.05, 3.63) is 64.3 Å². The quantitative estimate of drug-likeness (QED) is 0.653. The summed E-state index contributed by atoms with van der Waals surface area (Å²) in [6, 6.07) is 14.4. The first kappa shape index (κ1) is 17.9. The van der Waals surface area contributed by atoms with Gasteiger partial charge < -0.3 is 15.2 Å². The smallest absolute Gasteiger partial charge is 0.261 e. The first-order valence-corrected chi connectivity index (χ1v) is 8.64. The Hall–Kier alpha value is -2.93. The Morgan fingerprint density at radius 1 is 1.04 bits per heavy atom. The van der Waals surface area contributed by atoms with Crippen LogP contribution in [-0.4, -0.2) is 17.0 Å². The Morgan fingerprint density at radius 2 is 1.69 bits per heavy atom. The van der Waals surface area contributed by atoms with Gasteiger partial charge in [0, 0.05) is 28.3 Å². The van der Waals surface area contributed by atoms with Crippen molar-refractivity contribution in [2.45, 2.75) is 13.8 Å². The van der Waals surface area contributed by atoms with Gasteiger partial charge in [-0.2, -0.15) is 0 Å². The predicted molar refractivity (Wildman–Crippen MR) is 103 cm³/mol. The maximum atomic E-state index is 12.7. The molecule has 3 aromatic rings. The molecule has 0 aliphatic carbocycles. The normalized spacial score (nSPS) is 10.4. The van der Waals surface area contributed by atoms with Crippen LogP contribution in [0.25, 0.3) is 11.3 Å². The largest absolute Gasteiger partial charge is 0.360 e. The lowest BCUT2D eigenvalue weighted by molar-refractivity contribution is -0.114. The van der Waals surface area contributed by atoms with Crippen LogP contribution in [0, 0.1) is 6.92 Å². The van der Waals surface area contributed by atoms with E-state index in [1.165, 1.54) is 6.92 Å². The molecule has 7 heteroatoms. The van der Waals surface area contributed by atoms with Crippen molar-refractivity contribution >= 4 is 39.1 Å². The Labute approximate surface area is 158 Å². The van der Waals surface area contributed by atoms with E-state index >= 15 is 0 Å². The van der Waals surface area contributed by atoms with E-state index in [-0.39, 0.29) is 11.8 Å². The van der Waals surface area contributed by atoms with E-state index in [4.69, 9.17) is 4.52 Å². The number of hydrogen-bond acceptors (Lipinski definition) is 4. The van der Waals surface area contributed by atoms with Crippen LogP contribution in [0.2, 0.25) is 0 Å². The van der Waals surface area contributed by atoms with Crippen LogP contribution >= 0.6 is 15.9 Å². The Balaban J connectivity index is 1.84. The molecular weight excluding hydrogens is 398 g/mol. The molecule has 0 radical (unpaired) electrons.